The van der Waals surface area contributed by atoms with Gasteiger partial charge in [0.25, 0.3) is 0 Å². The summed E-state index contributed by atoms with van der Waals surface area (Å²) < 4.78 is 36.2. The zero-order chi connectivity index (χ0) is 24.3. The second kappa shape index (κ2) is 13.3. The molecule has 0 atom stereocenters. The largest absolute Gasteiger partial charge is 0.389 e. The van der Waals surface area contributed by atoms with Crippen LogP contribution in [0.5, 0.6) is 0 Å². The molecule has 0 aliphatic heterocycles. The fourth-order valence-electron chi connectivity index (χ4n) is 2.85. The van der Waals surface area contributed by atoms with Gasteiger partial charge in [0.1, 0.15) is 0 Å². The zero-order valence-corrected chi connectivity index (χ0v) is 20.2. The number of alkyl halides is 3. The number of rotatable bonds is 11. The molecule has 1 aliphatic carbocycles. The number of carbonyl (C=O) groups excluding carboxylic acids is 1. The molecule has 3 N–H and O–H groups in total. The quantitative estimate of drug-likeness (QED) is 0.267. The third kappa shape index (κ3) is 14.4. The first-order valence-corrected chi connectivity index (χ1v) is 11.3. The second-order valence-electron chi connectivity index (χ2n) is 9.58. The van der Waals surface area contributed by atoms with Crippen molar-refractivity contribution in [1.29, 1.82) is 0 Å². The van der Waals surface area contributed by atoms with Crippen LogP contribution < -0.4 is 10.6 Å². The van der Waals surface area contributed by atoms with Crippen LogP contribution >= 0.6 is 0 Å². The van der Waals surface area contributed by atoms with Crippen LogP contribution in [0.4, 0.5) is 13.2 Å². The van der Waals surface area contributed by atoms with E-state index in [2.05, 4.69) is 24.1 Å². The van der Waals surface area contributed by atoms with Crippen molar-refractivity contribution in [2.75, 3.05) is 6.54 Å². The van der Waals surface area contributed by atoms with Gasteiger partial charge in [-0.1, -0.05) is 52.0 Å². The van der Waals surface area contributed by atoms with Crippen LogP contribution in [0.25, 0.3) is 0 Å². The first-order valence-electron chi connectivity index (χ1n) is 11.3. The lowest BCUT2D eigenvalue weighted by molar-refractivity contribution is -0.135. The van der Waals surface area contributed by atoms with E-state index in [0.717, 1.165) is 5.92 Å². The van der Waals surface area contributed by atoms with Crippen molar-refractivity contribution in [2.45, 2.75) is 110 Å². The standard InChI is InChI=1S/C16H27F3N2O2.C8H16/c1-11(15(5,6)23)10-12(2)21-13(22)14(3,4)20-9-7-8-16(17,18)19;1-2-3-5-8-6-4-7-8/h10,20,23H,1,7-9H2,2-6H3,(H,21,22);8H,2-7H2,1H3/b12-10+;. The molecule has 1 aliphatic rings. The summed E-state index contributed by atoms with van der Waals surface area (Å²) in [6.07, 6.45) is 5.31. The first kappa shape index (κ1) is 29.7. The van der Waals surface area contributed by atoms with Crippen LogP contribution in [-0.4, -0.2) is 34.9 Å². The Labute approximate surface area is 186 Å². The molecule has 1 saturated carbocycles. The molecular weight excluding hydrogens is 405 g/mol. The van der Waals surface area contributed by atoms with Crippen LogP contribution in [0.15, 0.2) is 23.9 Å². The van der Waals surface area contributed by atoms with Gasteiger partial charge in [-0.05, 0) is 65.2 Å². The van der Waals surface area contributed by atoms with Gasteiger partial charge in [-0.15, -0.1) is 0 Å². The van der Waals surface area contributed by atoms with Gasteiger partial charge in [-0.3, -0.25) is 4.79 Å². The number of unbranched alkanes of at least 4 members (excludes halogenated alkanes) is 1. The van der Waals surface area contributed by atoms with E-state index in [1.54, 1.807) is 40.7 Å². The molecule has 0 spiro atoms. The minimum absolute atomic E-state index is 0.0824. The van der Waals surface area contributed by atoms with Gasteiger partial charge in [0.05, 0.1) is 11.1 Å². The summed E-state index contributed by atoms with van der Waals surface area (Å²) in [6, 6.07) is 0. The molecule has 0 radical (unpaired) electrons. The fraction of sp³-hybridized carbons (Fsp3) is 0.792. The molecule has 0 bridgehead atoms. The summed E-state index contributed by atoms with van der Waals surface area (Å²) in [5.74, 6) is 0.761. The molecule has 31 heavy (non-hydrogen) atoms. The Morgan fingerprint density at radius 1 is 1.16 bits per heavy atom. The van der Waals surface area contributed by atoms with Crippen LogP contribution in [0.1, 0.15) is 92.9 Å². The molecule has 4 nitrogen and oxygen atoms in total. The molecule has 0 heterocycles. The van der Waals surface area contributed by atoms with E-state index >= 15 is 0 Å². The van der Waals surface area contributed by atoms with Gasteiger partial charge in [0.15, 0.2) is 0 Å². The molecule has 0 aromatic carbocycles. The number of halogens is 3. The van der Waals surface area contributed by atoms with E-state index in [1.807, 2.05) is 0 Å². The van der Waals surface area contributed by atoms with Gasteiger partial charge >= 0.3 is 6.18 Å². The predicted octanol–water partition coefficient (Wildman–Crippen LogP) is 6.02. The number of carbonyl (C=O) groups is 1. The van der Waals surface area contributed by atoms with Gasteiger partial charge in [0.2, 0.25) is 5.91 Å². The van der Waals surface area contributed by atoms with Gasteiger partial charge < -0.3 is 15.7 Å². The van der Waals surface area contributed by atoms with Gasteiger partial charge in [-0.2, -0.15) is 13.2 Å². The zero-order valence-electron chi connectivity index (χ0n) is 20.2. The van der Waals surface area contributed by atoms with Crippen molar-refractivity contribution in [3.05, 3.63) is 23.9 Å². The summed E-state index contributed by atoms with van der Waals surface area (Å²) in [4.78, 5) is 12.2. The highest BCUT2D eigenvalue weighted by molar-refractivity contribution is 5.86. The van der Waals surface area contributed by atoms with E-state index in [9.17, 15) is 23.1 Å². The number of nitrogens with one attached hydrogen (secondary N) is 2. The third-order valence-electron chi connectivity index (χ3n) is 5.45. The Bertz CT molecular complexity index is 587. The maximum Gasteiger partial charge on any atom is 0.389 e. The van der Waals surface area contributed by atoms with Crippen molar-refractivity contribution < 1.29 is 23.1 Å². The SMILES string of the molecule is C=C(/C=C(\C)NC(=O)C(C)(C)NCCCC(F)(F)F)C(C)(C)O.CCCCC1CCC1. The normalized spacial score (nSPS) is 15.6. The fourth-order valence-corrected chi connectivity index (χ4v) is 2.85. The predicted molar refractivity (Wildman–Crippen MR) is 122 cm³/mol. The molecule has 182 valence electrons. The summed E-state index contributed by atoms with van der Waals surface area (Å²) in [5, 5.41) is 15.2. The van der Waals surface area contributed by atoms with Crippen molar-refractivity contribution >= 4 is 5.91 Å². The number of aliphatic hydroxyl groups is 1. The van der Waals surface area contributed by atoms with E-state index < -0.39 is 23.7 Å². The minimum Gasteiger partial charge on any atom is -0.386 e. The molecule has 0 unspecified atom stereocenters. The molecule has 7 heteroatoms. The number of hydrogen-bond donors (Lipinski definition) is 3. The van der Waals surface area contributed by atoms with Crippen LogP contribution in [-0.2, 0) is 4.79 Å². The molecule has 1 rings (SSSR count). The molecule has 0 aromatic heterocycles. The molecule has 1 amide bonds. The van der Waals surface area contributed by atoms with Gasteiger partial charge in [0, 0.05) is 12.1 Å². The Hall–Kier alpha value is -1.34. The van der Waals surface area contributed by atoms with Crippen LogP contribution in [0.3, 0.4) is 0 Å². The van der Waals surface area contributed by atoms with Crippen molar-refractivity contribution in [1.82, 2.24) is 10.6 Å². The minimum atomic E-state index is -4.19. The van der Waals surface area contributed by atoms with E-state index in [4.69, 9.17) is 0 Å². The summed E-state index contributed by atoms with van der Waals surface area (Å²) in [5.41, 5.74) is -1.19. The van der Waals surface area contributed by atoms with Crippen molar-refractivity contribution in [2.24, 2.45) is 5.92 Å². The number of allylic oxidation sites excluding steroid dienone is 1. The lowest BCUT2D eigenvalue weighted by atomic mass is 9.82. The maximum atomic E-state index is 12.2. The highest BCUT2D eigenvalue weighted by atomic mass is 19.4. The summed E-state index contributed by atoms with van der Waals surface area (Å²) in [6.45, 7) is 14.1. The Morgan fingerprint density at radius 3 is 2.16 bits per heavy atom. The Balaban J connectivity index is 0.000000929. The molecular formula is C24H43F3N2O2. The lowest BCUT2D eigenvalue weighted by Gasteiger charge is -2.26. The van der Waals surface area contributed by atoms with Crippen LogP contribution in [0.2, 0.25) is 0 Å². The van der Waals surface area contributed by atoms with Crippen molar-refractivity contribution in [3.8, 4) is 0 Å². The highest BCUT2D eigenvalue weighted by Crippen LogP contribution is 2.30. The van der Waals surface area contributed by atoms with Gasteiger partial charge in [-0.25, -0.2) is 0 Å². The van der Waals surface area contributed by atoms with E-state index in [-0.39, 0.29) is 18.9 Å². The molecule has 1 fully saturated rings. The van der Waals surface area contributed by atoms with Crippen molar-refractivity contribution in [3.63, 3.8) is 0 Å². The maximum absolute atomic E-state index is 12.2. The van der Waals surface area contributed by atoms with E-state index in [1.165, 1.54) is 38.5 Å². The monoisotopic (exact) mass is 448 g/mol. The molecule has 0 saturated heterocycles. The van der Waals surface area contributed by atoms with Crippen LogP contribution in [0, 0.1) is 5.92 Å². The Kier molecular flexibility index (Phi) is 12.7. The highest BCUT2D eigenvalue weighted by Gasteiger charge is 2.29. The molecule has 0 aromatic rings. The number of amides is 1. The average Bonchev–Trinajstić information content (AvgIpc) is 2.56. The third-order valence-corrected chi connectivity index (χ3v) is 5.45. The second-order valence-corrected chi connectivity index (χ2v) is 9.58. The first-order chi connectivity index (χ1) is 14.1. The number of hydrogen-bond acceptors (Lipinski definition) is 3. The van der Waals surface area contributed by atoms with E-state index in [0.29, 0.717) is 11.3 Å². The smallest absolute Gasteiger partial charge is 0.386 e. The summed E-state index contributed by atoms with van der Waals surface area (Å²) >= 11 is 0. The lowest BCUT2D eigenvalue weighted by Crippen LogP contribution is -2.52. The average molecular weight is 449 g/mol. The summed E-state index contributed by atoms with van der Waals surface area (Å²) in [7, 11) is 0. The topological polar surface area (TPSA) is 61.4 Å². The Morgan fingerprint density at radius 2 is 1.74 bits per heavy atom.